The summed E-state index contributed by atoms with van der Waals surface area (Å²) in [6.07, 6.45) is 3.78. The van der Waals surface area contributed by atoms with Gasteiger partial charge in [0.15, 0.2) is 0 Å². The highest BCUT2D eigenvalue weighted by Crippen LogP contribution is 2.40. The molecule has 1 unspecified atom stereocenters. The molecule has 0 bridgehead atoms. The number of nitrogens with one attached hydrogen (secondary N) is 1. The summed E-state index contributed by atoms with van der Waals surface area (Å²) < 4.78 is 2.39. The van der Waals surface area contributed by atoms with Crippen molar-refractivity contribution >= 4 is 33.2 Å². The topological polar surface area (TPSA) is 84.3 Å². The maximum atomic E-state index is 12.9. The van der Waals surface area contributed by atoms with Gasteiger partial charge in [0.05, 0.1) is 4.88 Å². The van der Waals surface area contributed by atoms with Crippen molar-refractivity contribution in [3.63, 3.8) is 0 Å². The zero-order valence-electron chi connectivity index (χ0n) is 17.0. The Kier molecular flexibility index (Phi) is 5.67. The fraction of sp³-hybridized carbons (Fsp3) is 0.364. The summed E-state index contributed by atoms with van der Waals surface area (Å²) in [6.45, 7) is 5.01. The Labute approximate surface area is 178 Å². The molecule has 1 fully saturated rings. The van der Waals surface area contributed by atoms with E-state index < -0.39 is 5.69 Å². The molecule has 8 heteroatoms. The molecule has 1 aliphatic rings. The van der Waals surface area contributed by atoms with Gasteiger partial charge in [-0.3, -0.25) is 14.2 Å². The minimum absolute atomic E-state index is 0.0233. The van der Waals surface area contributed by atoms with Crippen LogP contribution in [0.3, 0.4) is 0 Å². The number of benzene rings is 1. The van der Waals surface area contributed by atoms with Crippen LogP contribution < -0.4 is 11.0 Å². The summed E-state index contributed by atoms with van der Waals surface area (Å²) in [5.41, 5.74) is 0.598. The van der Waals surface area contributed by atoms with E-state index in [1.807, 2.05) is 38.1 Å². The van der Waals surface area contributed by atoms with Crippen molar-refractivity contribution in [2.45, 2.75) is 38.8 Å². The van der Waals surface area contributed by atoms with Gasteiger partial charge in [-0.2, -0.15) is 0 Å². The smallest absolute Gasteiger partial charge is 0.347 e. The minimum atomic E-state index is -0.432. The van der Waals surface area contributed by atoms with Crippen LogP contribution in [0, 0.1) is 0 Å². The van der Waals surface area contributed by atoms with Gasteiger partial charge in [0, 0.05) is 42.1 Å². The monoisotopic (exact) mass is 424 g/mol. The third kappa shape index (κ3) is 4.00. The lowest BCUT2D eigenvalue weighted by Crippen LogP contribution is -2.35. The molecule has 156 valence electrons. The normalized spacial score (nSPS) is 16.4. The number of rotatable bonds is 5. The van der Waals surface area contributed by atoms with Crippen molar-refractivity contribution < 1.29 is 9.59 Å². The number of nitrogens with zero attached hydrogens (tertiary/aromatic N) is 3. The Balaban J connectivity index is 1.59. The Morgan fingerprint density at radius 2 is 2.07 bits per heavy atom. The van der Waals surface area contributed by atoms with Gasteiger partial charge in [-0.05, 0) is 43.4 Å². The molecule has 1 aromatic carbocycles. The van der Waals surface area contributed by atoms with Crippen molar-refractivity contribution in [3.8, 4) is 0 Å². The second-order valence-electron chi connectivity index (χ2n) is 7.82. The highest BCUT2D eigenvalue weighted by Gasteiger charge is 2.32. The van der Waals surface area contributed by atoms with Crippen LogP contribution in [0.5, 0.6) is 0 Å². The molecule has 4 rings (SSSR count). The Morgan fingerprint density at radius 1 is 1.27 bits per heavy atom. The van der Waals surface area contributed by atoms with E-state index in [-0.39, 0.29) is 30.3 Å². The van der Waals surface area contributed by atoms with E-state index in [1.165, 1.54) is 22.1 Å². The molecular formula is C22H24N4O3S. The van der Waals surface area contributed by atoms with E-state index in [0.717, 1.165) is 26.9 Å². The quantitative estimate of drug-likeness (QED) is 0.682. The molecule has 0 aliphatic carbocycles. The zero-order chi connectivity index (χ0) is 21.3. The summed E-state index contributed by atoms with van der Waals surface area (Å²) >= 11 is 1.51. The molecule has 3 heterocycles. The molecule has 1 aliphatic heterocycles. The Hall–Kier alpha value is -3.00. The van der Waals surface area contributed by atoms with Crippen LogP contribution in [0.25, 0.3) is 10.1 Å². The van der Waals surface area contributed by atoms with Gasteiger partial charge in [-0.25, -0.2) is 9.78 Å². The first-order valence-electron chi connectivity index (χ1n) is 10.1. The van der Waals surface area contributed by atoms with Crippen LogP contribution in [0.15, 0.2) is 47.5 Å². The van der Waals surface area contributed by atoms with Crippen molar-refractivity contribution in [2.75, 3.05) is 13.1 Å². The minimum Gasteiger partial charge on any atom is -0.349 e. The second kappa shape index (κ2) is 8.39. The first-order chi connectivity index (χ1) is 14.4. The number of carbonyl (C=O) groups is 2. The number of likely N-dealkylation sites (tertiary alicyclic amines) is 1. The van der Waals surface area contributed by atoms with Gasteiger partial charge in [0.2, 0.25) is 5.91 Å². The predicted octanol–water partition coefficient (Wildman–Crippen LogP) is 2.61. The van der Waals surface area contributed by atoms with E-state index in [9.17, 15) is 14.4 Å². The number of carbonyl (C=O) groups excluding carboxylic acids is 2. The summed E-state index contributed by atoms with van der Waals surface area (Å²) in [7, 11) is 0. The highest BCUT2D eigenvalue weighted by atomic mass is 32.1. The molecular weight excluding hydrogens is 400 g/mol. The van der Waals surface area contributed by atoms with Crippen LogP contribution in [-0.2, 0) is 11.3 Å². The lowest BCUT2D eigenvalue weighted by atomic mass is 9.95. The number of hydrogen-bond acceptors (Lipinski definition) is 5. The predicted molar refractivity (Wildman–Crippen MR) is 117 cm³/mol. The third-order valence-corrected chi connectivity index (χ3v) is 6.48. The van der Waals surface area contributed by atoms with Gasteiger partial charge >= 0.3 is 5.69 Å². The average Bonchev–Trinajstić information content (AvgIpc) is 3.33. The molecule has 3 aromatic rings. The standard InChI is InChI=1S/C22H24N4O3S/c1-14(2)24-21(28)20-19(16-6-3-4-7-17(16)30-20)15-8-11-25(12-15)18(27)13-26-10-5-9-23-22(26)29/h3-7,9-10,14-15H,8,11-13H2,1-2H3,(H,24,28). The number of aromatic nitrogens is 2. The number of fused-ring (bicyclic) bond motifs is 1. The number of hydrogen-bond donors (Lipinski definition) is 1. The van der Waals surface area contributed by atoms with Gasteiger partial charge in [-0.1, -0.05) is 18.2 Å². The highest BCUT2D eigenvalue weighted by molar-refractivity contribution is 7.21. The van der Waals surface area contributed by atoms with Crippen molar-refractivity contribution in [1.82, 2.24) is 19.8 Å². The molecule has 2 aromatic heterocycles. The second-order valence-corrected chi connectivity index (χ2v) is 8.88. The van der Waals surface area contributed by atoms with Crippen LogP contribution in [0.2, 0.25) is 0 Å². The fourth-order valence-electron chi connectivity index (χ4n) is 3.94. The maximum Gasteiger partial charge on any atom is 0.347 e. The van der Waals surface area contributed by atoms with E-state index in [0.29, 0.717) is 13.1 Å². The van der Waals surface area contributed by atoms with Crippen molar-refractivity contribution in [2.24, 2.45) is 0 Å². The summed E-state index contributed by atoms with van der Waals surface area (Å²) in [4.78, 5) is 43.7. The molecule has 0 spiro atoms. The van der Waals surface area contributed by atoms with Crippen molar-refractivity contribution in [1.29, 1.82) is 0 Å². The molecule has 0 saturated carbocycles. The molecule has 1 saturated heterocycles. The first-order valence-corrected chi connectivity index (χ1v) is 10.9. The summed E-state index contributed by atoms with van der Waals surface area (Å²) in [6, 6.07) is 9.72. The fourth-order valence-corrected chi connectivity index (χ4v) is 5.14. The van der Waals surface area contributed by atoms with Gasteiger partial charge in [0.1, 0.15) is 6.54 Å². The van der Waals surface area contributed by atoms with Gasteiger partial charge in [-0.15, -0.1) is 11.3 Å². The molecule has 30 heavy (non-hydrogen) atoms. The molecule has 0 radical (unpaired) electrons. The number of amides is 2. The van der Waals surface area contributed by atoms with E-state index in [1.54, 1.807) is 17.2 Å². The van der Waals surface area contributed by atoms with Crippen LogP contribution in [0.4, 0.5) is 0 Å². The zero-order valence-corrected chi connectivity index (χ0v) is 17.8. The van der Waals surface area contributed by atoms with Gasteiger partial charge < -0.3 is 10.2 Å². The SMILES string of the molecule is CC(C)NC(=O)c1sc2ccccc2c1C1CCN(C(=O)Cn2cccnc2=O)C1. The third-order valence-electron chi connectivity index (χ3n) is 5.30. The lowest BCUT2D eigenvalue weighted by molar-refractivity contribution is -0.130. The molecule has 1 atom stereocenters. The van der Waals surface area contributed by atoms with Crippen LogP contribution in [0.1, 0.15) is 41.4 Å². The van der Waals surface area contributed by atoms with Gasteiger partial charge in [0.25, 0.3) is 5.91 Å². The van der Waals surface area contributed by atoms with E-state index >= 15 is 0 Å². The van der Waals surface area contributed by atoms with Crippen molar-refractivity contribution in [3.05, 3.63) is 63.7 Å². The van der Waals surface area contributed by atoms with Crippen LogP contribution >= 0.6 is 11.3 Å². The Bertz CT molecular complexity index is 1150. The molecule has 2 amide bonds. The van der Waals surface area contributed by atoms with E-state index in [4.69, 9.17) is 0 Å². The number of thiophene rings is 1. The van der Waals surface area contributed by atoms with E-state index in [2.05, 4.69) is 10.3 Å². The van der Waals surface area contributed by atoms with Crippen LogP contribution in [-0.4, -0.2) is 45.4 Å². The summed E-state index contributed by atoms with van der Waals surface area (Å²) in [5, 5.41) is 4.09. The average molecular weight is 425 g/mol. The first kappa shape index (κ1) is 20.3. The summed E-state index contributed by atoms with van der Waals surface area (Å²) in [5.74, 6) is -0.0863. The molecule has 1 N–H and O–H groups in total. The lowest BCUT2D eigenvalue weighted by Gasteiger charge is -2.18. The Morgan fingerprint density at radius 3 is 2.83 bits per heavy atom. The maximum absolute atomic E-state index is 12.9. The molecule has 7 nitrogen and oxygen atoms in total. The largest absolute Gasteiger partial charge is 0.349 e.